The standard InChI is InChI=1S/C48H30N2/c1-2-12-31(13-3-1)32-22-24-33(25-23-32)49-43-20-10-8-18-40(43)47-45(49)28-29-46-48(47)41-19-9-11-21-44(41)50(46)34-26-27-39-37-16-5-4-14-35(37)36-15-6-7-17-38(36)42(39)30-34/h1-30H/i1D,2D,3D,4D,5D,6D,7D,8D,9D,10D,11D,12D,13D,14D,15D,16D,17D,18D,19D,20D,21D,22D,23D,24D,25D,26D,27D,28D,29D,30D. The lowest BCUT2D eigenvalue weighted by Crippen LogP contribution is -1.95. The molecule has 11 rings (SSSR count). The van der Waals surface area contributed by atoms with Crippen LogP contribution >= 0.6 is 0 Å². The second-order valence-corrected chi connectivity index (χ2v) is 11.0. The summed E-state index contributed by atoms with van der Waals surface area (Å²) in [5.41, 5.74) is -5.97. The Kier molecular flexibility index (Phi) is 2.34. The molecule has 11 aromatic rings. The van der Waals surface area contributed by atoms with Crippen molar-refractivity contribution in [2.24, 2.45) is 0 Å². The number of hydrogen-bond donors (Lipinski definition) is 0. The second-order valence-electron chi connectivity index (χ2n) is 11.0. The Hall–Kier alpha value is -6.64. The minimum absolute atomic E-state index is 0.488. The summed E-state index contributed by atoms with van der Waals surface area (Å²) in [6.45, 7) is 0. The largest absolute Gasteiger partial charge is 0.309 e. The quantitative estimate of drug-likeness (QED) is 0.166. The fourth-order valence-corrected chi connectivity index (χ4v) is 6.46. The van der Waals surface area contributed by atoms with Gasteiger partial charge in [-0.25, -0.2) is 0 Å². The average molecular weight is 665 g/mol. The van der Waals surface area contributed by atoms with Gasteiger partial charge in [0.25, 0.3) is 0 Å². The van der Waals surface area contributed by atoms with Crippen LogP contribution in [0.5, 0.6) is 0 Å². The van der Waals surface area contributed by atoms with Crippen molar-refractivity contribution < 1.29 is 41.1 Å². The zero-order valence-electron chi connectivity index (χ0n) is 54.9. The highest BCUT2D eigenvalue weighted by Crippen LogP contribution is 2.43. The lowest BCUT2D eigenvalue weighted by molar-refractivity contribution is 1.17. The van der Waals surface area contributed by atoms with E-state index in [0.717, 1.165) is 9.13 Å². The highest BCUT2D eigenvalue weighted by Gasteiger charge is 2.21. The van der Waals surface area contributed by atoms with Crippen molar-refractivity contribution in [2.45, 2.75) is 0 Å². The van der Waals surface area contributed by atoms with Gasteiger partial charge in [0, 0.05) is 32.9 Å². The molecule has 2 nitrogen and oxygen atoms in total. The minimum atomic E-state index is -1.06. The van der Waals surface area contributed by atoms with Crippen LogP contribution in [0.3, 0.4) is 0 Å². The van der Waals surface area contributed by atoms with Gasteiger partial charge in [0.15, 0.2) is 0 Å². The zero-order chi connectivity index (χ0) is 58.9. The summed E-state index contributed by atoms with van der Waals surface area (Å²) < 4.78 is 273. The number of hydrogen-bond acceptors (Lipinski definition) is 0. The van der Waals surface area contributed by atoms with Gasteiger partial charge in [-0.1, -0.05) is 133 Å². The van der Waals surface area contributed by atoms with Crippen LogP contribution in [0, 0.1) is 0 Å². The summed E-state index contributed by atoms with van der Waals surface area (Å²) >= 11 is 0. The molecule has 0 atom stereocenters. The first-order valence-electron chi connectivity index (χ1n) is 29.8. The summed E-state index contributed by atoms with van der Waals surface area (Å²) in [6, 6.07) is -27.8. The van der Waals surface area contributed by atoms with E-state index in [-0.39, 0.29) is 0 Å². The monoisotopic (exact) mass is 664 g/mol. The summed E-state index contributed by atoms with van der Waals surface area (Å²) in [5, 5.41) is -5.59. The number of para-hydroxylation sites is 2. The normalized spacial score (nSPS) is 20.4. The van der Waals surface area contributed by atoms with Gasteiger partial charge in [0.05, 0.1) is 63.2 Å². The lowest BCUT2D eigenvalue weighted by atomic mass is 9.94. The van der Waals surface area contributed by atoms with Crippen LogP contribution in [0.25, 0.3) is 98.4 Å². The molecule has 2 aromatic heterocycles. The topological polar surface area (TPSA) is 9.86 Å². The third kappa shape index (κ3) is 3.79. The maximum atomic E-state index is 10.1. The van der Waals surface area contributed by atoms with Gasteiger partial charge in [-0.2, -0.15) is 0 Å². The highest BCUT2D eigenvalue weighted by atomic mass is 15.0. The molecule has 0 spiro atoms. The van der Waals surface area contributed by atoms with Gasteiger partial charge >= 0.3 is 0 Å². The molecule has 0 amide bonds. The SMILES string of the molecule is [2H]c1c([2H])c([2H])c(-c2c([2H])c([2H])c(-n3c4c([2H])c([2H])c([2H])c([2H])c4c4c5c6c([2H])c([2H])c([2H])c([2H])c6n(-c6c([2H])c([2H])c7c8c([2H])c([2H])c([2H])c([2H])c8c8c([2H])c([2H])c([2H])c([2H])c8c7c6[2H])c5c([2H])c([2H])c43)c([2H])c2[2H])c([2H])c1[2H]. The van der Waals surface area contributed by atoms with E-state index in [1.807, 2.05) is 0 Å². The zero-order valence-corrected chi connectivity index (χ0v) is 24.9. The van der Waals surface area contributed by atoms with E-state index in [9.17, 15) is 19.2 Å². The molecule has 0 bridgehead atoms. The molecule has 0 N–H and O–H groups in total. The molecule has 0 saturated carbocycles. The van der Waals surface area contributed by atoms with Crippen LogP contribution in [0.1, 0.15) is 41.1 Å². The molecule has 0 aliphatic heterocycles. The molecule has 9 aromatic carbocycles. The Morgan fingerprint density at radius 2 is 0.680 bits per heavy atom. The Labute approximate surface area is 330 Å². The van der Waals surface area contributed by atoms with Gasteiger partial charge in [-0.15, -0.1) is 0 Å². The predicted molar refractivity (Wildman–Crippen MR) is 213 cm³/mol. The fraction of sp³-hybridized carbons (Fsp3) is 0. The predicted octanol–water partition coefficient (Wildman–Crippen LogP) is 13.0. The molecule has 0 fully saturated rings. The Balaban J connectivity index is 1.43. The first-order chi connectivity index (χ1) is 37.3. The maximum Gasteiger partial charge on any atom is 0.0652 e. The first kappa shape index (κ1) is 11.2. The van der Waals surface area contributed by atoms with Crippen LogP contribution in [-0.2, 0) is 0 Å². The van der Waals surface area contributed by atoms with Crippen LogP contribution in [0.2, 0.25) is 0 Å². The van der Waals surface area contributed by atoms with Crippen LogP contribution in [0.4, 0.5) is 0 Å². The molecular weight excluding hydrogens is 605 g/mol. The molecule has 0 radical (unpaired) electrons. The third-order valence-corrected chi connectivity index (χ3v) is 8.49. The smallest absolute Gasteiger partial charge is 0.0652 e. The van der Waals surface area contributed by atoms with Crippen molar-refractivity contribution >= 4 is 75.9 Å². The van der Waals surface area contributed by atoms with Crippen molar-refractivity contribution in [3.05, 3.63) is 181 Å². The fourth-order valence-electron chi connectivity index (χ4n) is 6.46. The second kappa shape index (κ2) is 10.4. The van der Waals surface area contributed by atoms with Crippen molar-refractivity contribution in [2.75, 3.05) is 0 Å². The van der Waals surface area contributed by atoms with Crippen molar-refractivity contribution in [1.82, 2.24) is 9.13 Å². The van der Waals surface area contributed by atoms with Gasteiger partial charge in [-0.3, -0.25) is 0 Å². The Morgan fingerprint density at radius 3 is 1.24 bits per heavy atom. The molecule has 0 saturated heterocycles. The maximum absolute atomic E-state index is 10.1. The van der Waals surface area contributed by atoms with Crippen molar-refractivity contribution in [1.29, 1.82) is 0 Å². The molecule has 2 heterocycles. The summed E-state index contributed by atoms with van der Waals surface area (Å²) in [7, 11) is 0. The van der Waals surface area contributed by atoms with Gasteiger partial charge < -0.3 is 9.13 Å². The number of rotatable bonds is 3. The highest BCUT2D eigenvalue weighted by molar-refractivity contribution is 6.29. The molecule has 2 heteroatoms. The van der Waals surface area contributed by atoms with Crippen LogP contribution in [0.15, 0.2) is 181 Å². The van der Waals surface area contributed by atoms with Crippen LogP contribution < -0.4 is 0 Å². The third-order valence-electron chi connectivity index (χ3n) is 8.49. The molecule has 0 aliphatic rings. The van der Waals surface area contributed by atoms with E-state index in [1.165, 1.54) is 0 Å². The number of fused-ring (bicyclic) bond motifs is 13. The van der Waals surface area contributed by atoms with Gasteiger partial charge in [-0.05, 0) is 91.8 Å². The molecule has 0 aliphatic carbocycles. The molecule has 232 valence electrons. The number of nitrogens with zero attached hydrogens (tertiary/aromatic N) is 2. The Morgan fingerprint density at radius 1 is 0.280 bits per heavy atom. The Bertz CT molecular complexity index is 4780. The number of aromatic nitrogens is 2. The van der Waals surface area contributed by atoms with E-state index in [1.54, 1.807) is 0 Å². The van der Waals surface area contributed by atoms with E-state index in [0.29, 0.717) is 0 Å². The summed E-state index contributed by atoms with van der Waals surface area (Å²) in [5.74, 6) is 0. The first-order valence-corrected chi connectivity index (χ1v) is 14.8. The lowest BCUT2D eigenvalue weighted by Gasteiger charge is -2.14. The van der Waals surface area contributed by atoms with Crippen molar-refractivity contribution in [3.63, 3.8) is 0 Å². The van der Waals surface area contributed by atoms with Crippen LogP contribution in [-0.4, -0.2) is 9.13 Å². The van der Waals surface area contributed by atoms with Gasteiger partial charge in [0.2, 0.25) is 0 Å². The van der Waals surface area contributed by atoms with E-state index >= 15 is 0 Å². The van der Waals surface area contributed by atoms with Crippen molar-refractivity contribution in [3.8, 4) is 22.5 Å². The number of benzene rings is 9. The molecular formula is C48H30N2. The average Bonchev–Trinajstić information content (AvgIpc) is 3.96. The van der Waals surface area contributed by atoms with E-state index in [4.69, 9.17) is 21.9 Å². The van der Waals surface area contributed by atoms with Gasteiger partial charge in [0.1, 0.15) is 0 Å². The molecule has 0 unspecified atom stereocenters. The van der Waals surface area contributed by atoms with E-state index < -0.39 is 280 Å². The minimum Gasteiger partial charge on any atom is -0.309 e. The summed E-state index contributed by atoms with van der Waals surface area (Å²) in [6.07, 6.45) is 0. The van der Waals surface area contributed by atoms with E-state index in [2.05, 4.69) is 0 Å². The summed E-state index contributed by atoms with van der Waals surface area (Å²) in [4.78, 5) is 0. The molecule has 50 heavy (non-hydrogen) atoms.